The number of hydrogen-bond donors (Lipinski definition) is 0. The van der Waals surface area contributed by atoms with Gasteiger partial charge in [0.2, 0.25) is 5.91 Å². The molecule has 0 aromatic heterocycles. The van der Waals surface area contributed by atoms with Gasteiger partial charge in [-0.3, -0.25) is 4.79 Å². The van der Waals surface area contributed by atoms with E-state index in [1.807, 2.05) is 0 Å². The number of hydrogen-bond acceptors (Lipinski definition) is 3. The third-order valence-corrected chi connectivity index (χ3v) is 5.43. The van der Waals surface area contributed by atoms with Crippen molar-refractivity contribution in [1.29, 1.82) is 0 Å². The number of nitrogens with zero attached hydrogens (tertiary/aromatic N) is 2. The van der Waals surface area contributed by atoms with Gasteiger partial charge >= 0.3 is 0 Å². The highest BCUT2D eigenvalue weighted by atomic mass is 16.5. The number of amides is 1. The first-order valence-electron chi connectivity index (χ1n) is 8.48. The highest BCUT2D eigenvalue weighted by Gasteiger charge is 2.42. The summed E-state index contributed by atoms with van der Waals surface area (Å²) >= 11 is 0. The van der Waals surface area contributed by atoms with E-state index < -0.39 is 0 Å². The van der Waals surface area contributed by atoms with Gasteiger partial charge in [-0.15, -0.1) is 0 Å². The Kier molecular flexibility index (Phi) is 3.78. The summed E-state index contributed by atoms with van der Waals surface area (Å²) < 4.78 is 5.48. The lowest BCUT2D eigenvalue weighted by molar-refractivity contribution is -0.138. The molecule has 4 heteroatoms. The third kappa shape index (κ3) is 2.60. The van der Waals surface area contributed by atoms with E-state index in [-0.39, 0.29) is 5.92 Å². The number of ether oxygens (including phenoxy) is 1. The van der Waals surface area contributed by atoms with Gasteiger partial charge in [0, 0.05) is 50.3 Å². The van der Waals surface area contributed by atoms with Gasteiger partial charge < -0.3 is 14.5 Å². The molecule has 4 rings (SSSR count). The highest BCUT2D eigenvalue weighted by Crippen LogP contribution is 2.34. The third-order valence-electron chi connectivity index (χ3n) is 5.43. The maximum Gasteiger partial charge on any atom is 0.228 e. The second-order valence-electron chi connectivity index (χ2n) is 6.92. The lowest BCUT2D eigenvalue weighted by Gasteiger charge is -2.28. The maximum atomic E-state index is 12.6. The Morgan fingerprint density at radius 1 is 1.05 bits per heavy atom. The standard InChI is InChI=1S/C18H24N2O2/c21-18(14-5-4-8-22-13-14)20-11-15-9-19(10-16(15)12-20)17-6-2-1-3-7-17/h1-3,6-7,14-16H,4-5,8-13H2. The van der Waals surface area contributed by atoms with Crippen LogP contribution in [0.25, 0.3) is 0 Å². The molecule has 1 aromatic rings. The van der Waals surface area contributed by atoms with Crippen LogP contribution in [0.5, 0.6) is 0 Å². The van der Waals surface area contributed by atoms with Crippen LogP contribution < -0.4 is 4.90 Å². The first-order chi connectivity index (χ1) is 10.8. The van der Waals surface area contributed by atoms with Crippen molar-refractivity contribution in [2.24, 2.45) is 17.8 Å². The van der Waals surface area contributed by atoms with Crippen LogP contribution in [0.4, 0.5) is 5.69 Å². The fraction of sp³-hybridized carbons (Fsp3) is 0.611. The molecule has 3 atom stereocenters. The zero-order valence-corrected chi connectivity index (χ0v) is 13.0. The molecule has 3 unspecified atom stereocenters. The van der Waals surface area contributed by atoms with Gasteiger partial charge in [0.25, 0.3) is 0 Å². The minimum absolute atomic E-state index is 0.109. The van der Waals surface area contributed by atoms with E-state index in [4.69, 9.17) is 4.74 Å². The predicted molar refractivity (Wildman–Crippen MR) is 85.8 cm³/mol. The second-order valence-corrected chi connectivity index (χ2v) is 6.92. The number of anilines is 1. The molecule has 22 heavy (non-hydrogen) atoms. The lowest BCUT2D eigenvalue weighted by Crippen LogP contribution is -2.40. The Labute approximate surface area is 132 Å². The molecule has 0 N–H and O–H groups in total. The van der Waals surface area contributed by atoms with Crippen LogP contribution in [-0.2, 0) is 9.53 Å². The second kappa shape index (κ2) is 5.92. The molecule has 0 radical (unpaired) electrons. The first-order valence-corrected chi connectivity index (χ1v) is 8.48. The Balaban J connectivity index is 1.36. The number of carbonyl (C=O) groups excluding carboxylic acids is 1. The van der Waals surface area contributed by atoms with Crippen molar-refractivity contribution in [3.8, 4) is 0 Å². The summed E-state index contributed by atoms with van der Waals surface area (Å²) in [5, 5.41) is 0. The Hall–Kier alpha value is -1.55. The molecule has 3 aliphatic rings. The largest absolute Gasteiger partial charge is 0.381 e. The highest BCUT2D eigenvalue weighted by molar-refractivity contribution is 5.79. The topological polar surface area (TPSA) is 32.8 Å². The van der Waals surface area contributed by atoms with Gasteiger partial charge in [-0.25, -0.2) is 0 Å². The lowest BCUT2D eigenvalue weighted by atomic mass is 10.0. The Morgan fingerprint density at radius 3 is 2.41 bits per heavy atom. The fourth-order valence-electron chi connectivity index (χ4n) is 4.22. The monoisotopic (exact) mass is 300 g/mol. The summed E-state index contributed by atoms with van der Waals surface area (Å²) in [7, 11) is 0. The fourth-order valence-corrected chi connectivity index (χ4v) is 4.22. The molecule has 3 fully saturated rings. The van der Waals surface area contributed by atoms with Crippen molar-refractivity contribution in [2.75, 3.05) is 44.3 Å². The van der Waals surface area contributed by atoms with E-state index in [2.05, 4.69) is 40.1 Å². The van der Waals surface area contributed by atoms with Crippen molar-refractivity contribution < 1.29 is 9.53 Å². The summed E-state index contributed by atoms with van der Waals surface area (Å²) in [6.07, 6.45) is 2.03. The zero-order chi connectivity index (χ0) is 14.9. The number of benzene rings is 1. The number of rotatable bonds is 2. The number of fused-ring (bicyclic) bond motifs is 1. The van der Waals surface area contributed by atoms with E-state index in [9.17, 15) is 4.79 Å². The maximum absolute atomic E-state index is 12.6. The van der Waals surface area contributed by atoms with Crippen LogP contribution in [0.2, 0.25) is 0 Å². The van der Waals surface area contributed by atoms with E-state index in [0.29, 0.717) is 24.3 Å². The minimum atomic E-state index is 0.109. The van der Waals surface area contributed by atoms with Crippen LogP contribution in [0.1, 0.15) is 12.8 Å². The molecule has 0 bridgehead atoms. The van der Waals surface area contributed by atoms with Gasteiger partial charge in [-0.05, 0) is 25.0 Å². The molecule has 3 heterocycles. The predicted octanol–water partition coefficient (Wildman–Crippen LogP) is 2.01. The summed E-state index contributed by atoms with van der Waals surface area (Å²) in [6, 6.07) is 10.6. The number of para-hydroxylation sites is 1. The molecule has 3 saturated heterocycles. The average Bonchev–Trinajstić information content (AvgIpc) is 3.15. The zero-order valence-electron chi connectivity index (χ0n) is 13.0. The van der Waals surface area contributed by atoms with E-state index in [1.165, 1.54) is 5.69 Å². The smallest absolute Gasteiger partial charge is 0.228 e. The van der Waals surface area contributed by atoms with Gasteiger partial charge in [0.15, 0.2) is 0 Å². The average molecular weight is 300 g/mol. The van der Waals surface area contributed by atoms with Gasteiger partial charge in [-0.2, -0.15) is 0 Å². The van der Waals surface area contributed by atoms with Crippen LogP contribution in [0, 0.1) is 17.8 Å². The van der Waals surface area contributed by atoms with Crippen LogP contribution in [0.15, 0.2) is 30.3 Å². The van der Waals surface area contributed by atoms with Crippen LogP contribution in [-0.4, -0.2) is 50.2 Å². The van der Waals surface area contributed by atoms with Gasteiger partial charge in [-0.1, -0.05) is 18.2 Å². The van der Waals surface area contributed by atoms with Crippen LogP contribution in [0.3, 0.4) is 0 Å². The van der Waals surface area contributed by atoms with Crippen molar-refractivity contribution in [3.05, 3.63) is 30.3 Å². The molecular weight excluding hydrogens is 276 g/mol. The Morgan fingerprint density at radius 2 is 1.77 bits per heavy atom. The minimum Gasteiger partial charge on any atom is -0.381 e. The normalized spacial score (nSPS) is 31.4. The molecule has 0 aliphatic carbocycles. The van der Waals surface area contributed by atoms with Crippen molar-refractivity contribution in [2.45, 2.75) is 12.8 Å². The molecule has 118 valence electrons. The molecule has 0 saturated carbocycles. The molecule has 1 amide bonds. The summed E-state index contributed by atoms with van der Waals surface area (Å²) in [5.41, 5.74) is 1.32. The van der Waals surface area contributed by atoms with Crippen molar-refractivity contribution in [1.82, 2.24) is 4.90 Å². The molecule has 0 spiro atoms. The summed E-state index contributed by atoms with van der Waals surface area (Å²) in [4.78, 5) is 17.2. The molecule has 1 aromatic carbocycles. The summed E-state index contributed by atoms with van der Waals surface area (Å²) in [6.45, 7) is 5.48. The quantitative estimate of drug-likeness (QED) is 0.837. The molecule has 3 aliphatic heterocycles. The van der Waals surface area contributed by atoms with Gasteiger partial charge in [0.1, 0.15) is 0 Å². The summed E-state index contributed by atoms with van der Waals surface area (Å²) in [5.74, 6) is 1.71. The van der Waals surface area contributed by atoms with Crippen LogP contribution >= 0.6 is 0 Å². The number of likely N-dealkylation sites (tertiary alicyclic amines) is 1. The molecular formula is C18H24N2O2. The Bertz CT molecular complexity index is 513. The van der Waals surface area contributed by atoms with Crippen molar-refractivity contribution in [3.63, 3.8) is 0 Å². The van der Waals surface area contributed by atoms with E-state index in [1.54, 1.807) is 0 Å². The van der Waals surface area contributed by atoms with Crippen molar-refractivity contribution >= 4 is 11.6 Å². The van der Waals surface area contributed by atoms with E-state index >= 15 is 0 Å². The van der Waals surface area contributed by atoms with E-state index in [0.717, 1.165) is 45.6 Å². The first kappa shape index (κ1) is 14.1. The SMILES string of the molecule is O=C(C1CCCOC1)N1CC2CN(c3ccccc3)CC2C1. The number of carbonyl (C=O) groups is 1. The van der Waals surface area contributed by atoms with Gasteiger partial charge in [0.05, 0.1) is 12.5 Å². The molecule has 4 nitrogen and oxygen atoms in total.